The number of rotatable bonds is 3. The highest BCUT2D eigenvalue weighted by Gasteiger charge is 2.14. The summed E-state index contributed by atoms with van der Waals surface area (Å²) < 4.78 is 12.0. The van der Waals surface area contributed by atoms with Crippen LogP contribution in [-0.2, 0) is 6.54 Å². The first-order chi connectivity index (χ1) is 10.8. The van der Waals surface area contributed by atoms with Crippen LogP contribution in [0.25, 0.3) is 5.65 Å². The highest BCUT2D eigenvalue weighted by molar-refractivity contribution is 5.94. The Kier molecular flexibility index (Phi) is 2.85. The summed E-state index contributed by atoms with van der Waals surface area (Å²) in [7, 11) is 0. The van der Waals surface area contributed by atoms with Crippen LogP contribution in [0.2, 0.25) is 0 Å². The second kappa shape index (κ2) is 4.99. The molecule has 8 heteroatoms. The molecule has 1 aliphatic rings. The number of amides is 1. The Morgan fingerprint density at radius 1 is 1.23 bits per heavy atom. The average Bonchev–Trinajstić information content (AvgIpc) is 3.19. The number of nitrogens with one attached hydrogen (secondary N) is 1. The Bertz CT molecular complexity index is 861. The summed E-state index contributed by atoms with van der Waals surface area (Å²) in [6.07, 6.45) is 1.59. The van der Waals surface area contributed by atoms with Gasteiger partial charge in [-0.05, 0) is 40.3 Å². The maximum absolute atomic E-state index is 12.2. The van der Waals surface area contributed by atoms with Crippen LogP contribution in [-0.4, -0.2) is 32.7 Å². The summed E-state index contributed by atoms with van der Waals surface area (Å²) in [4.78, 5) is 12.2. The van der Waals surface area contributed by atoms with Gasteiger partial charge in [-0.1, -0.05) is 6.07 Å². The fourth-order valence-electron chi connectivity index (χ4n) is 2.21. The van der Waals surface area contributed by atoms with E-state index in [1.807, 2.05) is 18.2 Å². The molecular weight excluding hydrogens is 286 g/mol. The number of aromatic nitrogens is 4. The van der Waals surface area contributed by atoms with E-state index in [1.54, 1.807) is 18.3 Å². The first kappa shape index (κ1) is 12.6. The summed E-state index contributed by atoms with van der Waals surface area (Å²) in [5.41, 5.74) is 2.01. The molecule has 0 radical (unpaired) electrons. The van der Waals surface area contributed by atoms with E-state index in [2.05, 4.69) is 20.8 Å². The first-order valence-corrected chi connectivity index (χ1v) is 6.64. The standard InChI is InChI=1S/C14H11N5O3/c20-14(10-2-4-13-16-17-18-19(13)7-10)15-6-9-1-3-11-12(5-9)22-8-21-11/h1-5,7H,6,8H2,(H,15,20). The topological polar surface area (TPSA) is 90.6 Å². The molecule has 0 bridgehead atoms. The number of tetrazole rings is 1. The number of hydrogen-bond donors (Lipinski definition) is 1. The number of carbonyl (C=O) groups is 1. The third kappa shape index (κ3) is 2.20. The zero-order chi connectivity index (χ0) is 14.9. The quantitative estimate of drug-likeness (QED) is 0.768. The van der Waals surface area contributed by atoms with Gasteiger partial charge in [0.05, 0.1) is 5.56 Å². The van der Waals surface area contributed by atoms with Gasteiger partial charge in [-0.25, -0.2) is 0 Å². The third-order valence-corrected chi connectivity index (χ3v) is 3.34. The lowest BCUT2D eigenvalue weighted by Crippen LogP contribution is -2.23. The Balaban J connectivity index is 1.47. The minimum atomic E-state index is -0.199. The lowest BCUT2D eigenvalue weighted by atomic mass is 10.2. The van der Waals surface area contributed by atoms with Crippen LogP contribution in [0.3, 0.4) is 0 Å². The molecule has 110 valence electrons. The van der Waals surface area contributed by atoms with E-state index in [1.165, 1.54) is 4.52 Å². The van der Waals surface area contributed by atoms with Crippen molar-refractivity contribution in [2.45, 2.75) is 6.54 Å². The van der Waals surface area contributed by atoms with E-state index in [0.717, 1.165) is 11.3 Å². The molecule has 1 N–H and O–H groups in total. The maximum atomic E-state index is 12.2. The zero-order valence-electron chi connectivity index (χ0n) is 11.4. The Morgan fingerprint density at radius 2 is 2.14 bits per heavy atom. The Labute approximate surface area is 124 Å². The van der Waals surface area contributed by atoms with E-state index < -0.39 is 0 Å². The molecular formula is C14H11N5O3. The largest absolute Gasteiger partial charge is 0.454 e. The summed E-state index contributed by atoms with van der Waals surface area (Å²) in [5.74, 6) is 1.22. The van der Waals surface area contributed by atoms with Gasteiger partial charge in [-0.2, -0.15) is 4.52 Å². The van der Waals surface area contributed by atoms with Crippen molar-refractivity contribution in [1.29, 1.82) is 0 Å². The molecule has 0 unspecified atom stereocenters. The molecule has 0 atom stereocenters. The second-order valence-corrected chi connectivity index (χ2v) is 4.77. The van der Waals surface area contributed by atoms with Gasteiger partial charge in [0.1, 0.15) is 0 Å². The van der Waals surface area contributed by atoms with Crippen molar-refractivity contribution in [2.24, 2.45) is 0 Å². The number of nitrogens with zero attached hydrogens (tertiary/aromatic N) is 4. The van der Waals surface area contributed by atoms with Gasteiger partial charge in [-0.15, -0.1) is 5.10 Å². The fourth-order valence-corrected chi connectivity index (χ4v) is 2.21. The third-order valence-electron chi connectivity index (χ3n) is 3.34. The normalized spacial score (nSPS) is 12.5. The van der Waals surface area contributed by atoms with E-state index in [-0.39, 0.29) is 12.7 Å². The molecule has 3 aromatic rings. The Hall–Kier alpha value is -3.16. The molecule has 0 spiro atoms. The minimum absolute atomic E-state index is 0.199. The molecule has 2 aromatic heterocycles. The zero-order valence-corrected chi connectivity index (χ0v) is 11.4. The highest BCUT2D eigenvalue weighted by atomic mass is 16.7. The van der Waals surface area contributed by atoms with Gasteiger partial charge in [0.15, 0.2) is 17.1 Å². The molecule has 0 saturated carbocycles. The van der Waals surface area contributed by atoms with Gasteiger partial charge in [0, 0.05) is 12.7 Å². The maximum Gasteiger partial charge on any atom is 0.253 e. The molecule has 1 aromatic carbocycles. The second-order valence-electron chi connectivity index (χ2n) is 4.77. The van der Waals surface area contributed by atoms with Crippen LogP contribution < -0.4 is 14.8 Å². The van der Waals surface area contributed by atoms with Gasteiger partial charge in [0.2, 0.25) is 6.79 Å². The number of ether oxygens (including phenoxy) is 2. The van der Waals surface area contributed by atoms with E-state index in [4.69, 9.17) is 9.47 Å². The predicted octanol–water partition coefficient (Wildman–Crippen LogP) is 0.783. The molecule has 0 aliphatic carbocycles. The smallest absolute Gasteiger partial charge is 0.253 e. The minimum Gasteiger partial charge on any atom is -0.454 e. The number of pyridine rings is 1. The summed E-state index contributed by atoms with van der Waals surface area (Å²) in [6.45, 7) is 0.625. The average molecular weight is 297 g/mol. The lowest BCUT2D eigenvalue weighted by molar-refractivity contribution is 0.0950. The molecule has 22 heavy (non-hydrogen) atoms. The predicted molar refractivity (Wildman–Crippen MR) is 74.5 cm³/mol. The fraction of sp³-hybridized carbons (Fsp3) is 0.143. The van der Waals surface area contributed by atoms with Crippen LogP contribution in [0, 0.1) is 0 Å². The van der Waals surface area contributed by atoms with Crippen LogP contribution in [0.15, 0.2) is 36.5 Å². The van der Waals surface area contributed by atoms with Crippen LogP contribution >= 0.6 is 0 Å². The van der Waals surface area contributed by atoms with E-state index in [9.17, 15) is 4.79 Å². The summed E-state index contributed by atoms with van der Waals surface area (Å²) in [6, 6.07) is 8.94. The van der Waals surface area contributed by atoms with Crippen LogP contribution in [0.1, 0.15) is 15.9 Å². The van der Waals surface area contributed by atoms with E-state index in [0.29, 0.717) is 23.5 Å². The van der Waals surface area contributed by atoms with Crippen molar-refractivity contribution in [2.75, 3.05) is 6.79 Å². The van der Waals surface area contributed by atoms with Gasteiger partial charge >= 0.3 is 0 Å². The van der Waals surface area contributed by atoms with Gasteiger partial charge in [-0.3, -0.25) is 4.79 Å². The number of fused-ring (bicyclic) bond motifs is 2. The van der Waals surface area contributed by atoms with Gasteiger partial charge < -0.3 is 14.8 Å². The van der Waals surface area contributed by atoms with Crippen molar-refractivity contribution in [3.8, 4) is 11.5 Å². The molecule has 4 rings (SSSR count). The van der Waals surface area contributed by atoms with Gasteiger partial charge in [0.25, 0.3) is 5.91 Å². The molecule has 1 aliphatic heterocycles. The summed E-state index contributed by atoms with van der Waals surface area (Å²) in [5, 5.41) is 13.9. The summed E-state index contributed by atoms with van der Waals surface area (Å²) >= 11 is 0. The molecule has 3 heterocycles. The lowest BCUT2D eigenvalue weighted by Gasteiger charge is -2.06. The van der Waals surface area contributed by atoms with Crippen molar-refractivity contribution >= 4 is 11.6 Å². The number of carbonyl (C=O) groups excluding carboxylic acids is 1. The molecule has 1 amide bonds. The van der Waals surface area contributed by atoms with Crippen molar-refractivity contribution in [3.63, 3.8) is 0 Å². The first-order valence-electron chi connectivity index (χ1n) is 6.64. The van der Waals surface area contributed by atoms with E-state index >= 15 is 0 Å². The monoisotopic (exact) mass is 297 g/mol. The van der Waals surface area contributed by atoms with Crippen molar-refractivity contribution in [3.05, 3.63) is 47.7 Å². The molecule has 0 fully saturated rings. The molecule has 0 saturated heterocycles. The van der Waals surface area contributed by atoms with Crippen molar-refractivity contribution in [1.82, 2.24) is 25.4 Å². The van der Waals surface area contributed by atoms with Crippen molar-refractivity contribution < 1.29 is 14.3 Å². The number of hydrogen-bond acceptors (Lipinski definition) is 6. The number of benzene rings is 1. The SMILES string of the molecule is O=C(NCc1ccc2c(c1)OCO2)c1ccc2nnnn2c1. The van der Waals surface area contributed by atoms with Crippen LogP contribution in [0.5, 0.6) is 11.5 Å². The Morgan fingerprint density at radius 3 is 3.09 bits per heavy atom. The van der Waals surface area contributed by atoms with Crippen LogP contribution in [0.4, 0.5) is 0 Å². The highest BCUT2D eigenvalue weighted by Crippen LogP contribution is 2.32. The molecule has 8 nitrogen and oxygen atoms in total.